The number of benzene rings is 2. The third kappa shape index (κ3) is 4.98. The lowest BCUT2D eigenvalue weighted by Gasteiger charge is -2.42. The monoisotopic (exact) mass is 455 g/mol. The molecule has 0 aromatic heterocycles. The van der Waals surface area contributed by atoms with Crippen LogP contribution < -0.4 is 15.4 Å². The number of anilines is 1. The van der Waals surface area contributed by atoms with Gasteiger partial charge in [0.25, 0.3) is 11.8 Å². The number of hydrogen-bond donors (Lipinski definition) is 2. The average molecular weight is 455 g/mol. The van der Waals surface area contributed by atoms with Crippen molar-refractivity contribution in [1.29, 1.82) is 0 Å². The molecule has 0 unspecified atom stereocenters. The van der Waals surface area contributed by atoms with Gasteiger partial charge in [0.1, 0.15) is 24.3 Å². The predicted molar refractivity (Wildman–Crippen MR) is 119 cm³/mol. The summed E-state index contributed by atoms with van der Waals surface area (Å²) in [6.07, 6.45) is 1.04. The van der Waals surface area contributed by atoms with E-state index in [0.29, 0.717) is 35.4 Å². The van der Waals surface area contributed by atoms with Gasteiger partial charge in [-0.15, -0.1) is 0 Å². The minimum absolute atomic E-state index is 0.0878. The van der Waals surface area contributed by atoms with E-state index >= 15 is 0 Å². The van der Waals surface area contributed by atoms with Crippen LogP contribution in [0.2, 0.25) is 0 Å². The Bertz CT molecular complexity index is 1060. The van der Waals surface area contributed by atoms with E-state index in [0.717, 1.165) is 0 Å². The van der Waals surface area contributed by atoms with Gasteiger partial charge < -0.3 is 25.0 Å². The van der Waals surface area contributed by atoms with Crippen molar-refractivity contribution in [3.8, 4) is 5.75 Å². The number of hydrogen-bond acceptors (Lipinski definition) is 5. The maximum Gasteiger partial charge on any atom is 0.257 e. The number of nitrogens with one attached hydrogen (secondary N) is 2. The van der Waals surface area contributed by atoms with Crippen molar-refractivity contribution in [2.75, 3.05) is 26.0 Å². The Morgan fingerprint density at radius 3 is 2.64 bits per heavy atom. The molecule has 33 heavy (non-hydrogen) atoms. The molecule has 0 spiro atoms. The van der Waals surface area contributed by atoms with E-state index < -0.39 is 11.7 Å². The van der Waals surface area contributed by atoms with Gasteiger partial charge in [-0.25, -0.2) is 4.39 Å². The molecule has 3 amide bonds. The van der Waals surface area contributed by atoms with E-state index in [2.05, 4.69) is 10.6 Å². The molecule has 0 radical (unpaired) electrons. The second-order valence-corrected chi connectivity index (χ2v) is 8.22. The molecule has 0 saturated carbocycles. The first-order valence-electron chi connectivity index (χ1n) is 10.8. The molecule has 3 atom stereocenters. The van der Waals surface area contributed by atoms with Crippen molar-refractivity contribution in [2.45, 2.75) is 37.5 Å². The smallest absolute Gasteiger partial charge is 0.257 e. The Balaban J connectivity index is 1.51. The van der Waals surface area contributed by atoms with Gasteiger partial charge in [-0.05, 0) is 55.3 Å². The summed E-state index contributed by atoms with van der Waals surface area (Å²) >= 11 is 0. The second kappa shape index (κ2) is 9.58. The molecule has 174 valence electrons. The fourth-order valence-electron chi connectivity index (χ4n) is 4.22. The highest BCUT2D eigenvalue weighted by molar-refractivity contribution is 6.05. The van der Waals surface area contributed by atoms with Crippen LogP contribution in [-0.2, 0) is 9.53 Å². The average Bonchev–Trinajstić information content (AvgIpc) is 2.82. The van der Waals surface area contributed by atoms with Crippen LogP contribution >= 0.6 is 0 Å². The number of ether oxygens (including phenoxy) is 2. The summed E-state index contributed by atoms with van der Waals surface area (Å²) in [5, 5.41) is 5.34. The first-order valence-corrected chi connectivity index (χ1v) is 10.8. The normalized spacial score (nSPS) is 22.2. The predicted octanol–water partition coefficient (Wildman–Crippen LogP) is 2.59. The third-order valence-electron chi connectivity index (χ3n) is 6.07. The first-order chi connectivity index (χ1) is 15.9. The SMILES string of the molecule is CNC(=O)C[C@@H]1CC[C@@H]2[C@@H](COc3ccc(NC(=O)c4ccc(F)cc4)cc3C(=O)N2C)O1. The van der Waals surface area contributed by atoms with Crippen molar-refractivity contribution in [1.82, 2.24) is 10.2 Å². The Hall–Kier alpha value is -3.46. The fourth-order valence-corrected chi connectivity index (χ4v) is 4.22. The maximum absolute atomic E-state index is 13.3. The zero-order valence-electron chi connectivity index (χ0n) is 18.5. The molecule has 9 heteroatoms. The van der Waals surface area contributed by atoms with Crippen LogP contribution in [0.1, 0.15) is 40.0 Å². The van der Waals surface area contributed by atoms with Crippen LogP contribution in [0, 0.1) is 5.82 Å². The fraction of sp³-hybridized carbons (Fsp3) is 0.375. The standard InChI is InChI=1S/C24H26FN3O5/c1-26-22(29)12-17-8-9-19-21(33-17)13-32-20-10-7-16(11-18(20)24(31)28(19)2)27-23(30)14-3-5-15(25)6-4-14/h3-7,10-11,17,19,21H,8-9,12-13H2,1-2H3,(H,26,29)(H,27,30)/t17-,19+,21+/m0/s1. The molecule has 2 aromatic rings. The topological polar surface area (TPSA) is 97.0 Å². The van der Waals surface area contributed by atoms with E-state index in [1.165, 1.54) is 24.3 Å². The quantitative estimate of drug-likeness (QED) is 0.739. The second-order valence-electron chi connectivity index (χ2n) is 8.22. The maximum atomic E-state index is 13.3. The number of likely N-dealkylation sites (N-methyl/N-ethyl adjacent to an activating group) is 1. The number of amides is 3. The third-order valence-corrected chi connectivity index (χ3v) is 6.07. The van der Waals surface area contributed by atoms with Crippen molar-refractivity contribution in [2.24, 2.45) is 0 Å². The summed E-state index contributed by atoms with van der Waals surface area (Å²) in [5.74, 6) is -0.781. The molecule has 0 bridgehead atoms. The molecule has 2 aliphatic heterocycles. The zero-order valence-corrected chi connectivity index (χ0v) is 18.5. The summed E-state index contributed by atoms with van der Waals surface area (Å²) in [5.41, 5.74) is 1.06. The molecular weight excluding hydrogens is 429 g/mol. The van der Waals surface area contributed by atoms with Crippen LogP contribution in [0.3, 0.4) is 0 Å². The highest BCUT2D eigenvalue weighted by Crippen LogP contribution is 2.32. The molecule has 2 N–H and O–H groups in total. The number of carbonyl (C=O) groups excluding carboxylic acids is 3. The molecule has 8 nitrogen and oxygen atoms in total. The van der Waals surface area contributed by atoms with Crippen LogP contribution in [0.15, 0.2) is 42.5 Å². The van der Waals surface area contributed by atoms with Gasteiger partial charge in [-0.1, -0.05) is 0 Å². The van der Waals surface area contributed by atoms with E-state index in [1.54, 1.807) is 37.2 Å². The van der Waals surface area contributed by atoms with Crippen LogP contribution in [0.25, 0.3) is 0 Å². The summed E-state index contributed by atoms with van der Waals surface area (Å²) < 4.78 is 25.1. The van der Waals surface area contributed by atoms with Crippen molar-refractivity contribution >= 4 is 23.4 Å². The molecule has 0 aliphatic carbocycles. The van der Waals surface area contributed by atoms with Gasteiger partial charge in [-0.3, -0.25) is 14.4 Å². The van der Waals surface area contributed by atoms with Gasteiger partial charge in [0.05, 0.1) is 24.1 Å². The van der Waals surface area contributed by atoms with Crippen molar-refractivity contribution in [3.05, 3.63) is 59.4 Å². The zero-order chi connectivity index (χ0) is 23.5. The van der Waals surface area contributed by atoms with Gasteiger partial charge in [0.15, 0.2) is 0 Å². The number of fused-ring (bicyclic) bond motifs is 2. The summed E-state index contributed by atoms with van der Waals surface area (Å²) in [7, 11) is 3.31. The minimum Gasteiger partial charge on any atom is -0.490 e. The van der Waals surface area contributed by atoms with E-state index in [4.69, 9.17) is 9.47 Å². The van der Waals surface area contributed by atoms with Crippen molar-refractivity contribution in [3.63, 3.8) is 0 Å². The first kappa shape index (κ1) is 22.7. The number of rotatable bonds is 4. The lowest BCUT2D eigenvalue weighted by atomic mass is 9.94. The Morgan fingerprint density at radius 1 is 1.15 bits per heavy atom. The Morgan fingerprint density at radius 2 is 1.91 bits per heavy atom. The van der Waals surface area contributed by atoms with E-state index in [1.807, 2.05) is 0 Å². The summed E-state index contributed by atoms with van der Waals surface area (Å²) in [6.45, 7) is 0.237. The van der Waals surface area contributed by atoms with Gasteiger partial charge in [-0.2, -0.15) is 0 Å². The van der Waals surface area contributed by atoms with Gasteiger partial charge in [0, 0.05) is 25.3 Å². The highest BCUT2D eigenvalue weighted by Gasteiger charge is 2.39. The molecule has 2 aliphatic rings. The van der Waals surface area contributed by atoms with Gasteiger partial charge >= 0.3 is 0 Å². The molecule has 2 heterocycles. The molecule has 1 fully saturated rings. The minimum atomic E-state index is -0.427. The molecule has 4 rings (SSSR count). The van der Waals surface area contributed by atoms with Gasteiger partial charge in [0.2, 0.25) is 5.91 Å². The number of nitrogens with zero attached hydrogens (tertiary/aromatic N) is 1. The van der Waals surface area contributed by atoms with E-state index in [-0.39, 0.29) is 43.1 Å². The number of carbonyl (C=O) groups is 3. The van der Waals surface area contributed by atoms with Crippen molar-refractivity contribution < 1.29 is 28.2 Å². The molecule has 2 aromatic carbocycles. The number of halogens is 1. The van der Waals surface area contributed by atoms with Crippen LogP contribution in [0.5, 0.6) is 5.75 Å². The summed E-state index contributed by atoms with van der Waals surface area (Å²) in [6, 6.07) is 9.86. The van der Waals surface area contributed by atoms with E-state index in [9.17, 15) is 18.8 Å². The lowest BCUT2D eigenvalue weighted by Crippen LogP contribution is -2.53. The molecular formula is C24H26FN3O5. The summed E-state index contributed by atoms with van der Waals surface area (Å²) in [4.78, 5) is 39.1. The Labute approximate surface area is 191 Å². The van der Waals surface area contributed by atoms with Crippen LogP contribution in [0.4, 0.5) is 10.1 Å². The van der Waals surface area contributed by atoms with Crippen LogP contribution in [-0.4, -0.2) is 61.6 Å². The Kier molecular flexibility index (Phi) is 6.60. The lowest BCUT2D eigenvalue weighted by molar-refractivity contribution is -0.133. The molecule has 1 saturated heterocycles. The highest BCUT2D eigenvalue weighted by atomic mass is 19.1. The largest absolute Gasteiger partial charge is 0.490 e.